The molecule has 0 N–H and O–H groups in total. The molecule has 58 valence electrons. The third-order valence-electron chi connectivity index (χ3n) is 0.717. The second-order valence-electron chi connectivity index (χ2n) is 1.41. The van der Waals surface area contributed by atoms with Gasteiger partial charge in [0.15, 0.2) is 0 Å². The molecule has 0 aromatic carbocycles. The first kappa shape index (κ1) is 9.66. The van der Waals surface area contributed by atoms with Crippen molar-refractivity contribution in [2.45, 2.75) is 0 Å². The van der Waals surface area contributed by atoms with E-state index in [1.54, 1.807) is 0 Å². The molecule has 0 saturated carbocycles. The largest absolute Gasteiger partial charge is 0.787 e. The van der Waals surface area contributed by atoms with E-state index in [0.717, 1.165) is 0 Å². The molecule has 0 aromatic heterocycles. The molecule has 0 unspecified atom stereocenters. The summed E-state index contributed by atoms with van der Waals surface area (Å²) in [6.07, 6.45) is 7.33. The van der Waals surface area contributed by atoms with Crippen molar-refractivity contribution in [3.05, 3.63) is 25.7 Å². The number of rotatable bonds is 6. The summed E-state index contributed by atoms with van der Waals surface area (Å²) >= 11 is 0. The van der Waals surface area contributed by atoms with Crippen LogP contribution in [0.15, 0.2) is 25.7 Å². The Morgan fingerprint density at radius 1 is 1.36 bits per heavy atom. The molecule has 3 nitrogen and oxygen atoms in total. The van der Waals surface area contributed by atoms with E-state index in [1.807, 2.05) is 0 Å². The molecule has 4 heteroatoms. The van der Waals surface area contributed by atoms with E-state index in [4.69, 9.17) is 20.4 Å². The lowest BCUT2D eigenvalue weighted by Crippen LogP contribution is -2.22. The summed E-state index contributed by atoms with van der Waals surface area (Å²) in [5.74, 6) is 2.26. The van der Waals surface area contributed by atoms with E-state index >= 15 is 0 Å². The molecule has 0 aromatic rings. The van der Waals surface area contributed by atoms with Crippen LogP contribution in [0.25, 0.3) is 0 Å². The van der Waals surface area contributed by atoms with Crippen molar-refractivity contribution >= 4 is 7.32 Å². The molecule has 11 heavy (non-hydrogen) atoms. The minimum absolute atomic E-state index is 0.117. The van der Waals surface area contributed by atoms with Gasteiger partial charge in [0, 0.05) is 0 Å². The zero-order valence-corrected chi connectivity index (χ0v) is 6.16. The zero-order chi connectivity index (χ0) is 8.53. The fourth-order valence-corrected chi connectivity index (χ4v) is 0.384. The highest BCUT2D eigenvalue weighted by molar-refractivity contribution is 6.36. The minimum Gasteiger partial charge on any atom is -0.508 e. The zero-order valence-electron chi connectivity index (χ0n) is 6.16. The predicted octanol–water partition coefficient (Wildman–Crippen LogP) is 0.941. The second-order valence-corrected chi connectivity index (χ2v) is 1.41. The maximum Gasteiger partial charge on any atom is 0.787 e. The van der Waals surface area contributed by atoms with E-state index in [2.05, 4.69) is 19.1 Å². The van der Waals surface area contributed by atoms with Gasteiger partial charge in [-0.3, -0.25) is 0 Å². The predicted molar refractivity (Wildman–Crippen MR) is 43.1 cm³/mol. The van der Waals surface area contributed by atoms with Gasteiger partial charge in [0.25, 0.3) is 0 Å². The molecule has 0 bridgehead atoms. The highest BCUT2D eigenvalue weighted by Crippen LogP contribution is 1.92. The van der Waals surface area contributed by atoms with Gasteiger partial charge in [-0.25, -0.2) is 0 Å². The van der Waals surface area contributed by atoms with Crippen LogP contribution in [0.2, 0.25) is 0 Å². The van der Waals surface area contributed by atoms with Crippen LogP contribution in [0, 0.1) is 12.3 Å². The van der Waals surface area contributed by atoms with Gasteiger partial charge in [0.05, 0.1) is 19.1 Å². The second kappa shape index (κ2) is 6.78. The molecule has 0 spiro atoms. The number of hydrogen-bond donors (Lipinski definition) is 0. The summed E-state index contributed by atoms with van der Waals surface area (Å²) in [6, 6.07) is 0. The third-order valence-corrected chi connectivity index (χ3v) is 0.717. The van der Waals surface area contributed by atoms with Gasteiger partial charge in [0.2, 0.25) is 0 Å². The van der Waals surface area contributed by atoms with Gasteiger partial charge in [-0.2, -0.15) is 0 Å². The smallest absolute Gasteiger partial charge is 0.508 e. The SMILES string of the molecule is C#CCOB(OC=C)OC=C. The Labute approximate surface area is 66.8 Å². The lowest BCUT2D eigenvalue weighted by molar-refractivity contribution is 0.186. The Bertz CT molecular complexity index is 152. The first-order valence-corrected chi connectivity index (χ1v) is 2.93. The molecule has 0 radical (unpaired) electrons. The first-order chi connectivity index (χ1) is 5.35. The van der Waals surface area contributed by atoms with Crippen molar-refractivity contribution in [1.29, 1.82) is 0 Å². The minimum atomic E-state index is -0.846. The van der Waals surface area contributed by atoms with Crippen molar-refractivity contribution in [2.24, 2.45) is 0 Å². The van der Waals surface area contributed by atoms with Crippen molar-refractivity contribution in [3.63, 3.8) is 0 Å². The van der Waals surface area contributed by atoms with Crippen molar-refractivity contribution in [2.75, 3.05) is 6.61 Å². The van der Waals surface area contributed by atoms with Gasteiger partial charge in [-0.05, 0) is 0 Å². The molecule has 0 aliphatic carbocycles. The summed E-state index contributed by atoms with van der Waals surface area (Å²) in [5, 5.41) is 0. The number of hydrogen-bond acceptors (Lipinski definition) is 3. The monoisotopic (exact) mass is 152 g/mol. The molecular weight excluding hydrogens is 143 g/mol. The molecule has 0 aliphatic rings. The summed E-state index contributed by atoms with van der Waals surface area (Å²) in [7, 11) is -0.846. The van der Waals surface area contributed by atoms with E-state index in [0.29, 0.717) is 0 Å². The van der Waals surface area contributed by atoms with Gasteiger partial charge < -0.3 is 14.0 Å². The highest BCUT2D eigenvalue weighted by atomic mass is 16.7. The molecule has 0 atom stereocenters. The molecule has 0 amide bonds. The third kappa shape index (κ3) is 5.13. The quantitative estimate of drug-likeness (QED) is 0.322. The van der Waals surface area contributed by atoms with Crippen molar-refractivity contribution in [1.82, 2.24) is 0 Å². The van der Waals surface area contributed by atoms with Crippen LogP contribution in [0.3, 0.4) is 0 Å². The van der Waals surface area contributed by atoms with Crippen LogP contribution in [0.5, 0.6) is 0 Å². The van der Waals surface area contributed by atoms with E-state index in [1.165, 1.54) is 12.5 Å². The van der Waals surface area contributed by atoms with Crippen molar-refractivity contribution in [3.8, 4) is 12.3 Å². The van der Waals surface area contributed by atoms with Gasteiger partial charge >= 0.3 is 7.32 Å². The van der Waals surface area contributed by atoms with E-state index in [9.17, 15) is 0 Å². The highest BCUT2D eigenvalue weighted by Gasteiger charge is 2.21. The Morgan fingerprint density at radius 3 is 2.27 bits per heavy atom. The molecule has 0 fully saturated rings. The lowest BCUT2D eigenvalue weighted by atomic mass is 10.2. The van der Waals surface area contributed by atoms with Crippen LogP contribution in [-0.2, 0) is 14.0 Å². The maximum atomic E-state index is 4.93. The average molecular weight is 152 g/mol. The summed E-state index contributed by atoms with van der Waals surface area (Å²) in [6.45, 7) is 6.76. The van der Waals surface area contributed by atoms with Gasteiger partial charge in [0.1, 0.15) is 0 Å². The topological polar surface area (TPSA) is 27.7 Å². The van der Waals surface area contributed by atoms with E-state index in [-0.39, 0.29) is 6.61 Å². The standard InChI is InChI=1S/C7H9BO3/c1-4-7-11-8(9-5-2)10-6-3/h1,5-6H,2-3,7H2. The first-order valence-electron chi connectivity index (χ1n) is 2.93. The van der Waals surface area contributed by atoms with Crippen LogP contribution >= 0.6 is 0 Å². The molecule has 0 saturated heterocycles. The van der Waals surface area contributed by atoms with Crippen LogP contribution < -0.4 is 0 Å². The Morgan fingerprint density at radius 2 is 1.91 bits per heavy atom. The van der Waals surface area contributed by atoms with Crippen LogP contribution in [-0.4, -0.2) is 13.9 Å². The van der Waals surface area contributed by atoms with Crippen molar-refractivity contribution < 1.29 is 14.0 Å². The summed E-state index contributed by atoms with van der Waals surface area (Å²) in [4.78, 5) is 0. The molecule has 0 aliphatic heterocycles. The maximum absolute atomic E-state index is 4.93. The fourth-order valence-electron chi connectivity index (χ4n) is 0.384. The molecule has 0 heterocycles. The Balaban J connectivity index is 3.60. The van der Waals surface area contributed by atoms with E-state index < -0.39 is 7.32 Å². The molecule has 0 rings (SSSR count). The van der Waals surface area contributed by atoms with Gasteiger partial charge in [-0.1, -0.05) is 19.1 Å². The lowest BCUT2D eigenvalue weighted by Gasteiger charge is -2.07. The normalized spacial score (nSPS) is 7.55. The summed E-state index contributed by atoms with van der Waals surface area (Å²) < 4.78 is 14.3. The van der Waals surface area contributed by atoms with Crippen LogP contribution in [0.1, 0.15) is 0 Å². The average Bonchev–Trinajstić information content (AvgIpc) is 2.01. The van der Waals surface area contributed by atoms with Gasteiger partial charge in [-0.15, -0.1) is 6.42 Å². The Kier molecular flexibility index (Phi) is 5.96. The Hall–Kier alpha value is -1.34. The fraction of sp³-hybridized carbons (Fsp3) is 0.143. The summed E-state index contributed by atoms with van der Waals surface area (Å²) in [5.41, 5.74) is 0. The molecular formula is C7H9BO3. The number of terminal acetylenes is 1. The van der Waals surface area contributed by atoms with Crippen LogP contribution in [0.4, 0.5) is 0 Å².